The minimum absolute atomic E-state index is 0.0528. The van der Waals surface area contributed by atoms with Gasteiger partial charge in [0, 0.05) is 25.7 Å². The highest BCUT2D eigenvalue weighted by Gasteiger charge is 2.22. The molecule has 0 bridgehead atoms. The molecular formula is C22H32N2O5. The van der Waals surface area contributed by atoms with E-state index in [2.05, 4.69) is 4.99 Å². The molecule has 0 heterocycles. The number of carbonyl (C=O) groups excluding carboxylic acids is 3. The van der Waals surface area contributed by atoms with Crippen molar-refractivity contribution in [2.45, 2.75) is 52.6 Å². The molecule has 160 valence electrons. The second-order valence-electron chi connectivity index (χ2n) is 7.64. The lowest BCUT2D eigenvalue weighted by Crippen LogP contribution is -2.33. The Morgan fingerprint density at radius 3 is 2.38 bits per heavy atom. The lowest BCUT2D eigenvalue weighted by atomic mass is 10.0. The second kappa shape index (κ2) is 12.0. The summed E-state index contributed by atoms with van der Waals surface area (Å²) in [5.41, 5.74) is 0.488. The van der Waals surface area contributed by atoms with E-state index in [0.717, 1.165) is 12.0 Å². The van der Waals surface area contributed by atoms with Crippen molar-refractivity contribution < 1.29 is 23.9 Å². The number of ether oxygens (including phenoxy) is 2. The third kappa shape index (κ3) is 9.87. The minimum Gasteiger partial charge on any atom is -0.469 e. The number of nitrogens with zero attached hydrogens (tertiary/aromatic N) is 2. The molecule has 0 N–H and O–H groups in total. The molecule has 0 radical (unpaired) electrons. The Morgan fingerprint density at radius 2 is 1.83 bits per heavy atom. The molecule has 1 unspecified atom stereocenters. The van der Waals surface area contributed by atoms with Gasteiger partial charge in [0.15, 0.2) is 0 Å². The summed E-state index contributed by atoms with van der Waals surface area (Å²) >= 11 is 0. The Labute approximate surface area is 173 Å². The van der Waals surface area contributed by atoms with E-state index in [1.54, 1.807) is 25.7 Å². The molecule has 0 aliphatic rings. The number of benzene rings is 1. The maximum Gasteiger partial charge on any atom is 0.433 e. The molecule has 7 nitrogen and oxygen atoms in total. The monoisotopic (exact) mass is 404 g/mol. The zero-order valence-corrected chi connectivity index (χ0v) is 18.0. The van der Waals surface area contributed by atoms with Gasteiger partial charge in [0.2, 0.25) is 5.91 Å². The number of aliphatic imine (C=N–C) groups is 1. The summed E-state index contributed by atoms with van der Waals surface area (Å²) in [5, 5.41) is 0. The summed E-state index contributed by atoms with van der Waals surface area (Å²) in [6.45, 7) is 8.29. The smallest absolute Gasteiger partial charge is 0.433 e. The Hall–Kier alpha value is -2.70. The molecule has 2 amide bonds. The first-order valence-electron chi connectivity index (χ1n) is 9.83. The van der Waals surface area contributed by atoms with Crippen molar-refractivity contribution in [3.8, 4) is 0 Å². The molecule has 29 heavy (non-hydrogen) atoms. The number of rotatable bonds is 9. The molecule has 1 rings (SSSR count). The fourth-order valence-corrected chi connectivity index (χ4v) is 2.65. The predicted octanol–water partition coefficient (Wildman–Crippen LogP) is 3.65. The normalized spacial score (nSPS) is 12.4. The lowest BCUT2D eigenvalue weighted by Gasteiger charge is -2.21. The molecule has 0 saturated heterocycles. The van der Waals surface area contributed by atoms with Crippen LogP contribution in [0.5, 0.6) is 0 Å². The van der Waals surface area contributed by atoms with Gasteiger partial charge in [-0.3, -0.25) is 9.59 Å². The van der Waals surface area contributed by atoms with Gasteiger partial charge in [-0.2, -0.15) is 4.99 Å². The summed E-state index contributed by atoms with van der Waals surface area (Å²) in [4.78, 5) is 41.7. The standard InChI is InChI=1S/C22H32N2O5/c1-6-24(15-14-17-10-8-7-9-11-17)19(25)13-12-18(20(26)28-5)16-23-21(27)29-22(2,3)4/h7-11,16,18H,6,12-15H2,1-5H3/b23-16+. The van der Waals surface area contributed by atoms with E-state index >= 15 is 0 Å². The summed E-state index contributed by atoms with van der Waals surface area (Å²) in [6.07, 6.45) is 1.55. The van der Waals surface area contributed by atoms with Crippen LogP contribution in [-0.2, 0) is 25.5 Å². The van der Waals surface area contributed by atoms with Crippen LogP contribution in [0.1, 0.15) is 46.1 Å². The summed E-state index contributed by atoms with van der Waals surface area (Å²) in [6, 6.07) is 9.95. The quantitative estimate of drug-likeness (QED) is 0.463. The topological polar surface area (TPSA) is 85.3 Å². The molecular weight excluding hydrogens is 372 g/mol. The maximum atomic E-state index is 12.6. The van der Waals surface area contributed by atoms with Crippen LogP contribution in [0.15, 0.2) is 35.3 Å². The number of esters is 1. The van der Waals surface area contributed by atoms with Crippen molar-refractivity contribution in [1.29, 1.82) is 0 Å². The molecule has 1 aromatic rings. The molecule has 0 saturated carbocycles. The van der Waals surface area contributed by atoms with Crippen molar-refractivity contribution >= 4 is 24.2 Å². The zero-order chi connectivity index (χ0) is 21.9. The van der Waals surface area contributed by atoms with Gasteiger partial charge in [-0.05, 0) is 46.1 Å². The number of carbonyl (C=O) groups is 3. The highest BCUT2D eigenvalue weighted by atomic mass is 16.6. The molecule has 0 spiro atoms. The van der Waals surface area contributed by atoms with Crippen LogP contribution in [0.4, 0.5) is 4.79 Å². The third-order valence-electron chi connectivity index (χ3n) is 4.17. The fourth-order valence-electron chi connectivity index (χ4n) is 2.65. The van der Waals surface area contributed by atoms with E-state index in [0.29, 0.717) is 13.1 Å². The molecule has 1 aromatic carbocycles. The van der Waals surface area contributed by atoms with Gasteiger partial charge < -0.3 is 14.4 Å². The van der Waals surface area contributed by atoms with Gasteiger partial charge >= 0.3 is 12.1 Å². The second-order valence-corrected chi connectivity index (χ2v) is 7.64. The van der Waals surface area contributed by atoms with Crippen LogP contribution >= 0.6 is 0 Å². The van der Waals surface area contributed by atoms with Crippen molar-refractivity contribution in [2.75, 3.05) is 20.2 Å². The van der Waals surface area contributed by atoms with E-state index in [9.17, 15) is 14.4 Å². The van der Waals surface area contributed by atoms with Gasteiger partial charge in [0.1, 0.15) is 5.60 Å². The first-order valence-corrected chi connectivity index (χ1v) is 9.83. The minimum atomic E-state index is -0.788. The first-order chi connectivity index (χ1) is 13.7. The van der Waals surface area contributed by atoms with Crippen LogP contribution in [0.2, 0.25) is 0 Å². The number of hydrogen-bond acceptors (Lipinski definition) is 5. The van der Waals surface area contributed by atoms with Crippen LogP contribution in [0.3, 0.4) is 0 Å². The molecule has 7 heteroatoms. The first kappa shape index (κ1) is 24.3. The number of amides is 2. The van der Waals surface area contributed by atoms with Gasteiger partial charge in [-0.1, -0.05) is 30.3 Å². The van der Waals surface area contributed by atoms with Gasteiger partial charge in [-0.15, -0.1) is 0 Å². The Balaban J connectivity index is 2.63. The molecule has 0 fully saturated rings. The maximum absolute atomic E-state index is 12.6. The largest absolute Gasteiger partial charge is 0.469 e. The van der Waals surface area contributed by atoms with Crippen molar-refractivity contribution in [3.63, 3.8) is 0 Å². The van der Waals surface area contributed by atoms with E-state index < -0.39 is 23.6 Å². The van der Waals surface area contributed by atoms with Crippen molar-refractivity contribution in [2.24, 2.45) is 10.9 Å². The van der Waals surface area contributed by atoms with Crippen LogP contribution in [0, 0.1) is 5.92 Å². The number of likely N-dealkylation sites (N-methyl/N-ethyl adjacent to an activating group) is 1. The van der Waals surface area contributed by atoms with Crippen LogP contribution in [0.25, 0.3) is 0 Å². The molecule has 0 aliphatic heterocycles. The lowest BCUT2D eigenvalue weighted by molar-refractivity contribution is -0.143. The van der Waals surface area contributed by atoms with Crippen molar-refractivity contribution in [1.82, 2.24) is 4.90 Å². The average molecular weight is 405 g/mol. The zero-order valence-electron chi connectivity index (χ0n) is 18.0. The van der Waals surface area contributed by atoms with Gasteiger partial charge in [0.25, 0.3) is 0 Å². The van der Waals surface area contributed by atoms with E-state index in [-0.39, 0.29) is 18.7 Å². The van der Waals surface area contributed by atoms with E-state index in [1.807, 2.05) is 37.3 Å². The van der Waals surface area contributed by atoms with Crippen molar-refractivity contribution in [3.05, 3.63) is 35.9 Å². The summed E-state index contributed by atoms with van der Waals surface area (Å²) in [7, 11) is 1.26. The summed E-state index contributed by atoms with van der Waals surface area (Å²) in [5.74, 6) is -1.38. The Bertz CT molecular complexity index is 695. The average Bonchev–Trinajstić information content (AvgIpc) is 2.67. The Morgan fingerprint density at radius 1 is 1.17 bits per heavy atom. The number of methoxy groups -OCH3 is 1. The van der Waals surface area contributed by atoms with Gasteiger partial charge in [0.05, 0.1) is 13.0 Å². The highest BCUT2D eigenvalue weighted by molar-refractivity contribution is 5.94. The summed E-state index contributed by atoms with van der Waals surface area (Å²) < 4.78 is 9.86. The predicted molar refractivity (Wildman–Crippen MR) is 112 cm³/mol. The highest BCUT2D eigenvalue weighted by Crippen LogP contribution is 2.12. The Kier molecular flexibility index (Phi) is 10.1. The molecule has 0 aliphatic carbocycles. The molecule has 1 atom stereocenters. The fraction of sp³-hybridized carbons (Fsp3) is 0.545. The molecule has 0 aromatic heterocycles. The van der Waals surface area contributed by atoms with Gasteiger partial charge in [-0.25, -0.2) is 4.79 Å². The third-order valence-corrected chi connectivity index (χ3v) is 4.17. The van der Waals surface area contributed by atoms with E-state index in [1.165, 1.54) is 13.3 Å². The SMILES string of the molecule is CCN(CCc1ccccc1)C(=O)CCC(/C=N/C(=O)OC(C)(C)C)C(=O)OC. The van der Waals surface area contributed by atoms with Crippen LogP contribution < -0.4 is 0 Å². The van der Waals surface area contributed by atoms with Crippen LogP contribution in [-0.4, -0.2) is 54.9 Å². The van der Waals surface area contributed by atoms with E-state index in [4.69, 9.17) is 9.47 Å². The number of hydrogen-bond donors (Lipinski definition) is 0.